The summed E-state index contributed by atoms with van der Waals surface area (Å²) in [5, 5.41) is 3.35. The van der Waals surface area contributed by atoms with Crippen molar-refractivity contribution < 1.29 is 9.18 Å². The second-order valence-corrected chi connectivity index (χ2v) is 9.36. The first-order chi connectivity index (χ1) is 17.4. The molecule has 8 heteroatoms. The Labute approximate surface area is 207 Å². The molecule has 0 radical (unpaired) electrons. The largest absolute Gasteiger partial charge is 0.348 e. The van der Waals surface area contributed by atoms with E-state index in [1.807, 2.05) is 6.07 Å². The second kappa shape index (κ2) is 9.91. The molecule has 5 rings (SSSR count). The molecular weight excluding hydrogens is 459 g/mol. The summed E-state index contributed by atoms with van der Waals surface area (Å²) in [5.41, 5.74) is 2.41. The van der Waals surface area contributed by atoms with E-state index < -0.39 is 23.0 Å². The molecule has 0 saturated carbocycles. The zero-order valence-corrected chi connectivity index (χ0v) is 20.0. The molecule has 0 spiro atoms. The molecule has 1 atom stereocenters. The zero-order chi connectivity index (χ0) is 25.2. The maximum absolute atomic E-state index is 14.6. The molecular formula is C28H27FN4O3. The lowest BCUT2D eigenvalue weighted by Gasteiger charge is -2.17. The van der Waals surface area contributed by atoms with Gasteiger partial charge in [0.1, 0.15) is 5.82 Å². The highest BCUT2D eigenvalue weighted by Gasteiger charge is 2.25. The number of carbonyl (C=O) groups is 1. The van der Waals surface area contributed by atoms with E-state index >= 15 is 0 Å². The van der Waals surface area contributed by atoms with Gasteiger partial charge in [0.05, 0.1) is 23.0 Å². The van der Waals surface area contributed by atoms with Crippen molar-refractivity contribution in [2.45, 2.75) is 32.5 Å². The van der Waals surface area contributed by atoms with E-state index in [2.05, 4.69) is 40.3 Å². The van der Waals surface area contributed by atoms with Crippen LogP contribution in [0.2, 0.25) is 0 Å². The summed E-state index contributed by atoms with van der Waals surface area (Å²) in [6.45, 7) is 4.50. The highest BCUT2D eigenvalue weighted by Crippen LogP contribution is 2.17. The highest BCUT2D eigenvalue weighted by atomic mass is 19.1. The molecule has 3 aromatic carbocycles. The number of aromatic amines is 1. The molecule has 184 valence electrons. The van der Waals surface area contributed by atoms with Gasteiger partial charge in [-0.05, 0) is 48.7 Å². The molecule has 36 heavy (non-hydrogen) atoms. The van der Waals surface area contributed by atoms with Crippen LogP contribution in [0.5, 0.6) is 0 Å². The van der Waals surface area contributed by atoms with Crippen molar-refractivity contribution in [2.75, 3.05) is 13.1 Å². The fraction of sp³-hybridized carbons (Fsp3) is 0.250. The van der Waals surface area contributed by atoms with Gasteiger partial charge in [0.15, 0.2) is 0 Å². The Morgan fingerprint density at radius 1 is 1.03 bits per heavy atom. The molecule has 2 N–H and O–H groups in total. The molecule has 1 aliphatic rings. The number of halogens is 1. The number of aromatic nitrogens is 2. The quantitative estimate of drug-likeness (QED) is 0.438. The Balaban J connectivity index is 1.30. The monoisotopic (exact) mass is 486 g/mol. The number of aryl methyl sites for hydroxylation is 1. The highest BCUT2D eigenvalue weighted by molar-refractivity contribution is 5.95. The first-order valence-corrected chi connectivity index (χ1v) is 12.0. The lowest BCUT2D eigenvalue weighted by atomic mass is 10.1. The van der Waals surface area contributed by atoms with Gasteiger partial charge in [-0.3, -0.25) is 24.0 Å². The predicted molar refractivity (Wildman–Crippen MR) is 137 cm³/mol. The number of H-pyrrole nitrogens is 1. The van der Waals surface area contributed by atoms with Gasteiger partial charge >= 0.3 is 5.69 Å². The number of hydrogen-bond donors (Lipinski definition) is 2. The van der Waals surface area contributed by atoms with Crippen LogP contribution in [-0.4, -0.2) is 39.5 Å². The van der Waals surface area contributed by atoms with Crippen LogP contribution in [-0.2, 0) is 13.1 Å². The maximum Gasteiger partial charge on any atom is 0.329 e. The summed E-state index contributed by atoms with van der Waals surface area (Å²) in [5.74, 6) is -1.10. The minimum absolute atomic E-state index is 0.0635. The first kappa shape index (κ1) is 23.7. The van der Waals surface area contributed by atoms with E-state index in [1.54, 1.807) is 24.3 Å². The molecule has 0 bridgehead atoms. The number of carbonyl (C=O) groups excluding carboxylic acids is 1. The molecule has 1 fully saturated rings. The van der Waals surface area contributed by atoms with E-state index in [0.717, 1.165) is 19.5 Å². The summed E-state index contributed by atoms with van der Waals surface area (Å²) in [7, 11) is 0. The van der Waals surface area contributed by atoms with Crippen LogP contribution in [0.15, 0.2) is 76.3 Å². The third-order valence-corrected chi connectivity index (χ3v) is 6.62. The van der Waals surface area contributed by atoms with Crippen LogP contribution in [0.25, 0.3) is 10.9 Å². The van der Waals surface area contributed by atoms with Gasteiger partial charge in [-0.25, -0.2) is 9.18 Å². The normalized spacial score (nSPS) is 15.9. The zero-order valence-electron chi connectivity index (χ0n) is 20.0. The van der Waals surface area contributed by atoms with E-state index in [4.69, 9.17) is 0 Å². The van der Waals surface area contributed by atoms with Crippen LogP contribution in [0, 0.1) is 12.7 Å². The van der Waals surface area contributed by atoms with Crippen LogP contribution in [0.1, 0.15) is 33.5 Å². The number of likely N-dealkylation sites (tertiary alicyclic amines) is 1. The first-order valence-electron chi connectivity index (χ1n) is 12.0. The van der Waals surface area contributed by atoms with Gasteiger partial charge in [-0.2, -0.15) is 0 Å². The maximum atomic E-state index is 14.6. The fourth-order valence-electron chi connectivity index (χ4n) is 4.85. The number of para-hydroxylation sites is 1. The average Bonchev–Trinajstić information content (AvgIpc) is 3.29. The summed E-state index contributed by atoms with van der Waals surface area (Å²) >= 11 is 0. The Morgan fingerprint density at radius 2 is 1.83 bits per heavy atom. The van der Waals surface area contributed by atoms with E-state index in [-0.39, 0.29) is 18.2 Å². The Kier molecular flexibility index (Phi) is 6.52. The SMILES string of the molecule is Cc1cccc(CN2CCC(NC(=O)c3cc(Cn4c(=O)[nH]c(=O)c5ccccc54)ccc3F)C2)c1. The number of fused-ring (bicyclic) bond motifs is 1. The molecule has 1 saturated heterocycles. The summed E-state index contributed by atoms with van der Waals surface area (Å²) < 4.78 is 16.0. The number of rotatable bonds is 6. The minimum Gasteiger partial charge on any atom is -0.348 e. The van der Waals surface area contributed by atoms with Crippen molar-refractivity contribution in [1.29, 1.82) is 0 Å². The molecule has 1 aromatic heterocycles. The Bertz CT molecular complexity index is 1560. The van der Waals surface area contributed by atoms with E-state index in [0.29, 0.717) is 23.0 Å². The van der Waals surface area contributed by atoms with Gasteiger partial charge < -0.3 is 5.32 Å². The van der Waals surface area contributed by atoms with E-state index in [1.165, 1.54) is 33.9 Å². The third-order valence-electron chi connectivity index (χ3n) is 6.62. The van der Waals surface area contributed by atoms with Gasteiger partial charge in [-0.1, -0.05) is 48.0 Å². The van der Waals surface area contributed by atoms with Crippen molar-refractivity contribution in [3.63, 3.8) is 0 Å². The minimum atomic E-state index is -0.621. The van der Waals surface area contributed by atoms with Gasteiger partial charge in [-0.15, -0.1) is 0 Å². The Morgan fingerprint density at radius 3 is 2.67 bits per heavy atom. The summed E-state index contributed by atoms with van der Waals surface area (Å²) in [6.07, 6.45) is 0.789. The number of benzene rings is 3. The van der Waals surface area contributed by atoms with Crippen molar-refractivity contribution in [3.8, 4) is 0 Å². The van der Waals surface area contributed by atoms with Crippen molar-refractivity contribution in [3.05, 3.63) is 116 Å². The molecule has 1 aliphatic heterocycles. The lowest BCUT2D eigenvalue weighted by Crippen LogP contribution is -2.37. The van der Waals surface area contributed by atoms with Crippen LogP contribution in [0.4, 0.5) is 4.39 Å². The molecule has 1 amide bonds. The molecule has 1 unspecified atom stereocenters. The van der Waals surface area contributed by atoms with Gasteiger partial charge in [0.25, 0.3) is 11.5 Å². The number of nitrogens with zero attached hydrogens (tertiary/aromatic N) is 2. The summed E-state index contributed by atoms with van der Waals surface area (Å²) in [4.78, 5) is 42.2. The van der Waals surface area contributed by atoms with Crippen LogP contribution < -0.4 is 16.6 Å². The standard InChI is InChI=1S/C28H27FN4O3/c1-18-5-4-6-19(13-18)15-32-12-11-21(17-32)30-27(35)23-14-20(9-10-24(23)29)16-33-25-8-3-2-7-22(25)26(34)31-28(33)36/h2-10,13-14,21H,11-12,15-17H2,1H3,(H,30,35)(H,31,34,36). The Hall–Kier alpha value is -4.04. The summed E-state index contributed by atoms with van der Waals surface area (Å²) in [6, 6.07) is 19.3. The number of nitrogens with one attached hydrogen (secondary N) is 2. The fourth-order valence-corrected chi connectivity index (χ4v) is 4.85. The molecule has 4 aromatic rings. The lowest BCUT2D eigenvalue weighted by molar-refractivity contribution is 0.0933. The second-order valence-electron chi connectivity index (χ2n) is 9.36. The third kappa shape index (κ3) is 4.99. The molecule has 2 heterocycles. The smallest absolute Gasteiger partial charge is 0.329 e. The average molecular weight is 487 g/mol. The topological polar surface area (TPSA) is 87.2 Å². The van der Waals surface area contributed by atoms with Crippen LogP contribution in [0.3, 0.4) is 0 Å². The van der Waals surface area contributed by atoms with Crippen LogP contribution >= 0.6 is 0 Å². The predicted octanol–water partition coefficient (Wildman–Crippen LogP) is 3.19. The van der Waals surface area contributed by atoms with Crippen molar-refractivity contribution >= 4 is 16.8 Å². The van der Waals surface area contributed by atoms with Crippen molar-refractivity contribution in [2.24, 2.45) is 0 Å². The number of hydrogen-bond acceptors (Lipinski definition) is 4. The molecule has 0 aliphatic carbocycles. The van der Waals surface area contributed by atoms with E-state index in [9.17, 15) is 18.8 Å². The van der Waals surface area contributed by atoms with Crippen molar-refractivity contribution in [1.82, 2.24) is 19.8 Å². The van der Waals surface area contributed by atoms with Gasteiger partial charge in [0, 0.05) is 25.7 Å². The van der Waals surface area contributed by atoms with Gasteiger partial charge in [0.2, 0.25) is 0 Å². The number of amides is 1. The molecule has 7 nitrogen and oxygen atoms in total.